The van der Waals surface area contributed by atoms with E-state index in [0.717, 1.165) is 51.5 Å². The van der Waals surface area contributed by atoms with Crippen LogP contribution in [0.5, 0.6) is 0 Å². The molecule has 1 aliphatic heterocycles. The lowest BCUT2D eigenvalue weighted by Gasteiger charge is -2.32. The number of hydrogen-bond acceptors (Lipinski definition) is 4. The van der Waals surface area contributed by atoms with Crippen LogP contribution >= 0.6 is 0 Å². The largest absolute Gasteiger partial charge is 0.444 e. The van der Waals surface area contributed by atoms with Gasteiger partial charge in [-0.05, 0) is 72.6 Å². The minimum atomic E-state index is -0.434. The summed E-state index contributed by atoms with van der Waals surface area (Å²) in [7, 11) is 0. The molecule has 1 aliphatic carbocycles. The highest BCUT2D eigenvalue weighted by Gasteiger charge is 2.33. The molecule has 134 valence electrons. The highest BCUT2D eigenvalue weighted by atomic mass is 16.6. The van der Waals surface area contributed by atoms with Gasteiger partial charge in [0, 0.05) is 24.7 Å². The molecule has 2 rings (SSSR count). The molecule has 2 atom stereocenters. The second-order valence-electron chi connectivity index (χ2n) is 8.28. The van der Waals surface area contributed by atoms with Gasteiger partial charge in [0.2, 0.25) is 0 Å². The van der Waals surface area contributed by atoms with Gasteiger partial charge in [0.05, 0.1) is 6.10 Å². The molecule has 1 saturated carbocycles. The van der Waals surface area contributed by atoms with Crippen molar-refractivity contribution in [1.82, 2.24) is 10.2 Å². The van der Waals surface area contributed by atoms with E-state index in [1.807, 2.05) is 25.7 Å². The van der Waals surface area contributed by atoms with E-state index >= 15 is 0 Å². The van der Waals surface area contributed by atoms with Crippen molar-refractivity contribution in [2.75, 3.05) is 6.54 Å². The summed E-state index contributed by atoms with van der Waals surface area (Å²) >= 11 is 0. The van der Waals surface area contributed by atoms with Crippen molar-refractivity contribution in [2.24, 2.45) is 0 Å². The van der Waals surface area contributed by atoms with Crippen molar-refractivity contribution in [3.63, 3.8) is 0 Å². The molecule has 0 aromatic carbocycles. The molecular formula is C18H34N2O3. The number of carbonyl (C=O) groups is 1. The number of rotatable bonds is 4. The number of aliphatic hydroxyl groups is 1. The van der Waals surface area contributed by atoms with E-state index in [1.165, 1.54) is 0 Å². The molecular weight excluding hydrogens is 292 g/mol. The Labute approximate surface area is 140 Å². The zero-order chi connectivity index (χ0) is 17.0. The molecule has 0 bridgehead atoms. The van der Waals surface area contributed by atoms with Gasteiger partial charge in [-0.15, -0.1) is 0 Å². The van der Waals surface area contributed by atoms with Gasteiger partial charge < -0.3 is 20.1 Å². The Bertz CT molecular complexity index is 386. The van der Waals surface area contributed by atoms with Crippen molar-refractivity contribution in [3.05, 3.63) is 0 Å². The second-order valence-corrected chi connectivity index (χ2v) is 8.28. The highest BCUT2D eigenvalue weighted by molar-refractivity contribution is 5.68. The van der Waals surface area contributed by atoms with E-state index in [4.69, 9.17) is 4.74 Å². The van der Waals surface area contributed by atoms with Gasteiger partial charge in [-0.3, -0.25) is 0 Å². The molecule has 0 aromatic rings. The molecule has 0 spiro atoms. The van der Waals surface area contributed by atoms with Crippen LogP contribution in [0.3, 0.4) is 0 Å². The number of nitrogens with one attached hydrogen (secondary N) is 1. The summed E-state index contributed by atoms with van der Waals surface area (Å²) in [6.45, 7) is 8.76. The molecule has 1 saturated heterocycles. The maximum atomic E-state index is 12.3. The number of carbonyl (C=O) groups excluding carboxylic acids is 1. The Morgan fingerprint density at radius 1 is 1.26 bits per heavy atom. The first-order valence-electron chi connectivity index (χ1n) is 9.18. The lowest BCUT2D eigenvalue weighted by atomic mass is 9.92. The average Bonchev–Trinajstić information content (AvgIpc) is 2.87. The molecule has 2 fully saturated rings. The monoisotopic (exact) mass is 326 g/mol. The number of hydrogen-bond donors (Lipinski definition) is 2. The zero-order valence-electron chi connectivity index (χ0n) is 15.2. The van der Waals surface area contributed by atoms with Gasteiger partial charge in [0.25, 0.3) is 0 Å². The van der Waals surface area contributed by atoms with Crippen molar-refractivity contribution in [1.29, 1.82) is 0 Å². The van der Waals surface area contributed by atoms with Gasteiger partial charge in [0.15, 0.2) is 0 Å². The van der Waals surface area contributed by atoms with Gasteiger partial charge in [-0.25, -0.2) is 4.79 Å². The lowest BCUT2D eigenvalue weighted by Crippen LogP contribution is -2.45. The Morgan fingerprint density at radius 2 is 1.91 bits per heavy atom. The van der Waals surface area contributed by atoms with Gasteiger partial charge in [-0.2, -0.15) is 0 Å². The number of aliphatic hydroxyl groups excluding tert-OH is 1. The Balaban J connectivity index is 1.79. The predicted molar refractivity (Wildman–Crippen MR) is 91.4 cm³/mol. The van der Waals surface area contributed by atoms with Gasteiger partial charge >= 0.3 is 6.09 Å². The minimum Gasteiger partial charge on any atom is -0.444 e. The molecule has 2 N–H and O–H groups in total. The van der Waals surface area contributed by atoms with Crippen LogP contribution < -0.4 is 5.32 Å². The van der Waals surface area contributed by atoms with Crippen LogP contribution in [0.25, 0.3) is 0 Å². The van der Waals surface area contributed by atoms with E-state index in [0.29, 0.717) is 12.1 Å². The van der Waals surface area contributed by atoms with Crippen LogP contribution in [-0.2, 0) is 4.74 Å². The maximum absolute atomic E-state index is 12.3. The zero-order valence-corrected chi connectivity index (χ0v) is 15.2. The van der Waals surface area contributed by atoms with Crippen LogP contribution in [0.2, 0.25) is 0 Å². The lowest BCUT2D eigenvalue weighted by molar-refractivity contribution is 0.0212. The standard InChI is InChI=1S/C18H34N2O3/c1-13(19-14-7-9-16(21)10-8-14)12-15-6-5-11-20(15)17(22)23-18(2,3)4/h13-16,19,21H,5-12H2,1-4H3/t13-,14?,15-,16?/m0/s1. The SMILES string of the molecule is C[C@@H](C[C@@H]1CCCN1C(=O)OC(C)(C)C)NC1CCC(O)CC1. The average molecular weight is 326 g/mol. The summed E-state index contributed by atoms with van der Waals surface area (Å²) < 4.78 is 5.53. The molecule has 1 amide bonds. The first-order chi connectivity index (χ1) is 10.7. The van der Waals surface area contributed by atoms with Crippen molar-refractivity contribution < 1.29 is 14.6 Å². The molecule has 0 radical (unpaired) electrons. The topological polar surface area (TPSA) is 61.8 Å². The third-order valence-electron chi connectivity index (χ3n) is 4.85. The fourth-order valence-electron chi connectivity index (χ4n) is 3.76. The molecule has 5 heteroatoms. The highest BCUT2D eigenvalue weighted by Crippen LogP contribution is 2.25. The van der Waals surface area contributed by atoms with E-state index in [1.54, 1.807) is 0 Å². The van der Waals surface area contributed by atoms with Crippen molar-refractivity contribution in [2.45, 2.75) is 102 Å². The first-order valence-corrected chi connectivity index (χ1v) is 9.18. The number of amides is 1. The minimum absolute atomic E-state index is 0.110. The Morgan fingerprint density at radius 3 is 2.52 bits per heavy atom. The van der Waals surface area contributed by atoms with Crippen molar-refractivity contribution in [3.8, 4) is 0 Å². The number of ether oxygens (including phenoxy) is 1. The van der Waals surface area contributed by atoms with Crippen LogP contribution in [-0.4, -0.2) is 52.5 Å². The first kappa shape index (κ1) is 18.5. The molecule has 0 unspecified atom stereocenters. The molecule has 23 heavy (non-hydrogen) atoms. The summed E-state index contributed by atoms with van der Waals surface area (Å²) in [5.74, 6) is 0. The van der Waals surface area contributed by atoms with Crippen LogP contribution in [0.4, 0.5) is 4.79 Å². The van der Waals surface area contributed by atoms with E-state index < -0.39 is 5.60 Å². The van der Waals surface area contributed by atoms with Crippen LogP contribution in [0, 0.1) is 0 Å². The molecule has 0 aromatic heterocycles. The van der Waals surface area contributed by atoms with E-state index in [2.05, 4.69) is 12.2 Å². The summed E-state index contributed by atoms with van der Waals surface area (Å²) in [4.78, 5) is 14.2. The Hall–Kier alpha value is -0.810. The summed E-state index contributed by atoms with van der Waals surface area (Å²) in [5, 5.41) is 13.3. The van der Waals surface area contributed by atoms with Crippen LogP contribution in [0.15, 0.2) is 0 Å². The van der Waals surface area contributed by atoms with Crippen LogP contribution in [0.1, 0.15) is 72.6 Å². The van der Waals surface area contributed by atoms with E-state index in [-0.39, 0.29) is 18.2 Å². The Kier molecular flexibility index (Phi) is 6.32. The normalized spacial score (nSPS) is 30.3. The fourth-order valence-corrected chi connectivity index (χ4v) is 3.76. The summed E-state index contributed by atoms with van der Waals surface area (Å²) in [5.41, 5.74) is -0.434. The van der Waals surface area contributed by atoms with Crippen molar-refractivity contribution >= 4 is 6.09 Å². The maximum Gasteiger partial charge on any atom is 0.410 e. The van der Waals surface area contributed by atoms with Gasteiger partial charge in [-0.1, -0.05) is 0 Å². The fraction of sp³-hybridized carbons (Fsp3) is 0.944. The third-order valence-corrected chi connectivity index (χ3v) is 4.85. The predicted octanol–water partition coefficient (Wildman–Crippen LogP) is 3.06. The summed E-state index contributed by atoms with van der Waals surface area (Å²) in [6, 6.07) is 1.16. The number of likely N-dealkylation sites (tertiary alicyclic amines) is 1. The molecule has 2 aliphatic rings. The quantitative estimate of drug-likeness (QED) is 0.833. The second kappa shape index (κ2) is 7.84. The third kappa shape index (κ3) is 5.96. The smallest absolute Gasteiger partial charge is 0.410 e. The van der Waals surface area contributed by atoms with Gasteiger partial charge in [0.1, 0.15) is 5.60 Å². The molecule has 1 heterocycles. The molecule has 5 nitrogen and oxygen atoms in total. The number of nitrogens with zero attached hydrogens (tertiary/aromatic N) is 1. The van der Waals surface area contributed by atoms with E-state index in [9.17, 15) is 9.90 Å². The summed E-state index contributed by atoms with van der Waals surface area (Å²) in [6.07, 6.45) is 6.71.